The zero-order valence-corrected chi connectivity index (χ0v) is 27.8. The van der Waals surface area contributed by atoms with Crippen molar-refractivity contribution >= 4 is 23.5 Å². The zero-order valence-electron chi connectivity index (χ0n) is 27.8. The van der Waals surface area contributed by atoms with Gasteiger partial charge in [0.05, 0.1) is 17.4 Å². The van der Waals surface area contributed by atoms with Gasteiger partial charge in [0.15, 0.2) is 5.78 Å². The van der Waals surface area contributed by atoms with Crippen LogP contribution in [0.2, 0.25) is 0 Å². The number of hydrogen-bond acceptors (Lipinski definition) is 5. The number of fused-ring (bicyclic) bond motifs is 7. The number of carbonyl (C=O) groups is 2. The van der Waals surface area contributed by atoms with E-state index in [0.717, 1.165) is 56.9 Å². The fourth-order valence-electron chi connectivity index (χ4n) is 12.6. The van der Waals surface area contributed by atoms with Gasteiger partial charge in [-0.05, 0) is 128 Å². The lowest BCUT2D eigenvalue weighted by Gasteiger charge is -2.72. The Labute approximate surface area is 263 Å². The molecule has 1 aromatic carbocycles. The molecule has 0 radical (unpaired) electrons. The molecule has 9 atom stereocenters. The molecule has 44 heavy (non-hydrogen) atoms. The number of carbonyl (C=O) groups excluding carboxylic acids is 2. The third-order valence-electron chi connectivity index (χ3n) is 14.7. The number of esters is 1. The van der Waals surface area contributed by atoms with E-state index in [1.807, 2.05) is 12.1 Å². The summed E-state index contributed by atoms with van der Waals surface area (Å²) in [4.78, 5) is 38.7. The van der Waals surface area contributed by atoms with Gasteiger partial charge in [-0.2, -0.15) is 0 Å². The Hall–Kier alpha value is -2.76. The van der Waals surface area contributed by atoms with Crippen molar-refractivity contribution in [2.45, 2.75) is 99.3 Å². The Balaban J connectivity index is 1.41. The lowest BCUT2D eigenvalue weighted by molar-refractivity contribution is -0.384. The van der Waals surface area contributed by atoms with Gasteiger partial charge in [-0.25, -0.2) is 0 Å². The monoisotopic (exact) mass is 601 g/mol. The van der Waals surface area contributed by atoms with Crippen LogP contribution in [0, 0.1) is 66.8 Å². The predicted molar refractivity (Wildman–Crippen MR) is 172 cm³/mol. The zero-order chi connectivity index (χ0) is 32.0. The average molecular weight is 602 g/mol. The number of rotatable bonds is 4. The molecule has 6 nitrogen and oxygen atoms in total. The summed E-state index contributed by atoms with van der Waals surface area (Å²) in [6.07, 6.45) is 10.8. The summed E-state index contributed by atoms with van der Waals surface area (Å²) >= 11 is 0. The maximum absolute atomic E-state index is 14.1. The smallest absolute Gasteiger partial charge is 0.312 e. The van der Waals surface area contributed by atoms with Crippen molar-refractivity contribution < 1.29 is 19.2 Å². The molecule has 6 heteroatoms. The van der Waals surface area contributed by atoms with Crippen LogP contribution in [0.3, 0.4) is 0 Å². The molecular formula is C38H51NO5. The highest BCUT2D eigenvalue weighted by molar-refractivity contribution is 6.04. The molecule has 238 valence electrons. The summed E-state index contributed by atoms with van der Waals surface area (Å²) < 4.78 is 5.52. The molecule has 0 amide bonds. The fourth-order valence-corrected chi connectivity index (χ4v) is 12.6. The molecule has 0 N–H and O–H groups in total. The minimum atomic E-state index is -0.512. The van der Waals surface area contributed by atoms with Crippen molar-refractivity contribution in [3.8, 4) is 0 Å². The van der Waals surface area contributed by atoms with Gasteiger partial charge in [0, 0.05) is 17.5 Å². The number of allylic oxidation sites excluding steroid dienone is 2. The largest absolute Gasteiger partial charge is 0.469 e. The third kappa shape index (κ3) is 4.04. The lowest BCUT2D eigenvalue weighted by atomic mass is 9.32. The van der Waals surface area contributed by atoms with Gasteiger partial charge in [0.25, 0.3) is 5.69 Å². The summed E-state index contributed by atoms with van der Waals surface area (Å²) in [5.41, 5.74) is 1.91. The highest BCUT2D eigenvalue weighted by Crippen LogP contribution is 2.77. The number of non-ortho nitro benzene ring substituents is 1. The molecule has 5 aliphatic rings. The van der Waals surface area contributed by atoms with E-state index in [-0.39, 0.29) is 50.4 Å². The molecule has 0 aliphatic heterocycles. The van der Waals surface area contributed by atoms with Gasteiger partial charge < -0.3 is 4.74 Å². The van der Waals surface area contributed by atoms with Gasteiger partial charge in [0.2, 0.25) is 0 Å². The minimum absolute atomic E-state index is 0.0142. The molecule has 1 aromatic rings. The lowest BCUT2D eigenvalue weighted by Crippen LogP contribution is -2.67. The van der Waals surface area contributed by atoms with E-state index in [4.69, 9.17) is 4.74 Å². The van der Waals surface area contributed by atoms with E-state index in [0.29, 0.717) is 29.7 Å². The van der Waals surface area contributed by atoms with Gasteiger partial charge in [-0.15, -0.1) is 0 Å². The predicted octanol–water partition coefficient (Wildman–Crippen LogP) is 8.99. The average Bonchev–Trinajstić information content (AvgIpc) is 3.37. The Morgan fingerprint density at radius 2 is 1.73 bits per heavy atom. The first kappa shape index (κ1) is 31.2. The van der Waals surface area contributed by atoms with Gasteiger partial charge in [-0.3, -0.25) is 19.7 Å². The molecule has 0 heterocycles. The molecule has 0 spiro atoms. The standard InChI is InChI=1S/C38H51NO5/c1-23(2)27-14-17-38(33(41)44-8)19-18-36(6)28(31(27)38)12-13-30-35(5)22-25(20-24-10-9-11-26(21-24)39(42)43)32(40)34(3,4)29(35)15-16-37(30,36)7/h9-11,20-21,27-31H,1,12-19,22H2,2-8H3/b25-20-/t27-,28?,29?,30?,31?,35-,36+,37+,38?/m0/s1. The van der Waals surface area contributed by atoms with Crippen molar-refractivity contribution in [2.75, 3.05) is 7.11 Å². The number of nitrogens with zero attached hydrogens (tertiary/aromatic N) is 1. The van der Waals surface area contributed by atoms with E-state index < -0.39 is 10.8 Å². The van der Waals surface area contributed by atoms with E-state index in [1.165, 1.54) is 11.6 Å². The summed E-state index contributed by atoms with van der Waals surface area (Å²) in [6.45, 7) is 18.4. The number of ether oxygens (including phenoxy) is 1. The molecule has 6 rings (SSSR count). The number of benzene rings is 1. The van der Waals surface area contributed by atoms with Crippen molar-refractivity contribution in [3.05, 3.63) is 57.7 Å². The molecule has 0 saturated heterocycles. The highest BCUT2D eigenvalue weighted by Gasteiger charge is 2.72. The number of nitro benzene ring substituents is 1. The van der Waals surface area contributed by atoms with Crippen molar-refractivity contribution in [1.82, 2.24) is 0 Å². The van der Waals surface area contributed by atoms with Crippen LogP contribution in [0.15, 0.2) is 42.0 Å². The minimum Gasteiger partial charge on any atom is -0.469 e. The van der Waals surface area contributed by atoms with Crippen LogP contribution in [0.5, 0.6) is 0 Å². The maximum atomic E-state index is 14.1. The van der Waals surface area contributed by atoms with Gasteiger partial charge in [-0.1, -0.05) is 58.9 Å². The van der Waals surface area contributed by atoms with E-state index in [1.54, 1.807) is 19.2 Å². The molecule has 5 fully saturated rings. The summed E-state index contributed by atoms with van der Waals surface area (Å²) in [7, 11) is 1.56. The van der Waals surface area contributed by atoms with Crippen LogP contribution in [0.25, 0.3) is 6.08 Å². The van der Waals surface area contributed by atoms with Crippen LogP contribution >= 0.6 is 0 Å². The van der Waals surface area contributed by atoms with Crippen LogP contribution in [0.4, 0.5) is 5.69 Å². The number of nitro groups is 1. The molecule has 5 aliphatic carbocycles. The third-order valence-corrected chi connectivity index (χ3v) is 14.7. The summed E-state index contributed by atoms with van der Waals surface area (Å²) in [5.74, 6) is 1.93. The number of methoxy groups -OCH3 is 1. The second-order valence-electron chi connectivity index (χ2n) is 16.6. The topological polar surface area (TPSA) is 86.5 Å². The fraction of sp³-hybridized carbons (Fsp3) is 0.684. The van der Waals surface area contributed by atoms with Crippen LogP contribution in [0.1, 0.15) is 105 Å². The second kappa shape index (κ2) is 10.1. The van der Waals surface area contributed by atoms with Crippen LogP contribution in [-0.4, -0.2) is 23.8 Å². The van der Waals surface area contributed by atoms with Crippen molar-refractivity contribution in [3.63, 3.8) is 0 Å². The molecule has 0 aromatic heterocycles. The van der Waals surface area contributed by atoms with E-state index in [2.05, 4.69) is 48.1 Å². The SMILES string of the molecule is C=C(C)[C@@H]1CCC2(C(=O)OC)CC[C@]3(C)C(CCC4[C@@]5(C)C/C(=C/c6cccc([N+](=O)[O-])c6)C(=O)C(C)(C)C5CC[C@]43C)C12. The van der Waals surface area contributed by atoms with Gasteiger partial charge >= 0.3 is 5.97 Å². The Morgan fingerprint density at radius 1 is 1.00 bits per heavy atom. The van der Waals surface area contributed by atoms with Crippen molar-refractivity contribution in [2.24, 2.45) is 56.7 Å². The van der Waals surface area contributed by atoms with Crippen molar-refractivity contribution in [1.29, 1.82) is 0 Å². The van der Waals surface area contributed by atoms with E-state index in [9.17, 15) is 19.7 Å². The number of ketones is 1. The molecule has 5 saturated carbocycles. The first-order valence-corrected chi connectivity index (χ1v) is 16.8. The van der Waals surface area contributed by atoms with E-state index >= 15 is 0 Å². The summed E-state index contributed by atoms with van der Waals surface area (Å²) in [5, 5.41) is 11.5. The number of Topliss-reactive ketones (excluding diaryl/α,β-unsaturated/α-hetero) is 1. The molecular weight excluding hydrogens is 550 g/mol. The summed E-state index contributed by atoms with van der Waals surface area (Å²) in [6, 6.07) is 6.64. The normalized spacial score (nSPS) is 43.3. The number of hydrogen-bond donors (Lipinski definition) is 0. The Bertz CT molecular complexity index is 1460. The Morgan fingerprint density at radius 3 is 2.39 bits per heavy atom. The second-order valence-corrected chi connectivity index (χ2v) is 16.6. The van der Waals surface area contributed by atoms with Crippen LogP contribution in [-0.2, 0) is 14.3 Å². The van der Waals surface area contributed by atoms with Crippen LogP contribution < -0.4 is 0 Å². The first-order valence-electron chi connectivity index (χ1n) is 16.8. The molecule has 0 bridgehead atoms. The highest BCUT2D eigenvalue weighted by atomic mass is 16.6. The Kier molecular flexibility index (Phi) is 7.18. The quantitative estimate of drug-likeness (QED) is 0.113. The van der Waals surface area contributed by atoms with Gasteiger partial charge in [0.1, 0.15) is 0 Å². The maximum Gasteiger partial charge on any atom is 0.312 e. The molecule has 5 unspecified atom stereocenters. The first-order chi connectivity index (χ1) is 20.6.